The molecule has 0 aliphatic rings. The number of halogens is 1. The summed E-state index contributed by atoms with van der Waals surface area (Å²) in [5, 5.41) is 10.9. The fourth-order valence-corrected chi connectivity index (χ4v) is 2.17. The Bertz CT molecular complexity index is 515. The second-order valence-corrected chi connectivity index (χ2v) is 4.37. The standard InChI is InChI=1S/C15H16FNO/c1-2-8-15(18,12-6-4-3-5-7-12)13-9-14(16)11-17-10-13/h3-7,9-11,18H,2,8H2,1H3. The minimum Gasteiger partial charge on any atom is -0.380 e. The zero-order chi connectivity index (χ0) is 13.0. The van der Waals surface area contributed by atoms with Crippen LogP contribution in [0.5, 0.6) is 0 Å². The summed E-state index contributed by atoms with van der Waals surface area (Å²) in [6, 6.07) is 10.7. The van der Waals surface area contributed by atoms with E-state index in [0.29, 0.717) is 12.0 Å². The van der Waals surface area contributed by atoms with Gasteiger partial charge in [-0.1, -0.05) is 43.7 Å². The first-order chi connectivity index (χ1) is 8.66. The molecule has 0 aliphatic carbocycles. The van der Waals surface area contributed by atoms with E-state index in [1.165, 1.54) is 12.3 Å². The van der Waals surface area contributed by atoms with E-state index in [4.69, 9.17) is 0 Å². The molecular weight excluding hydrogens is 229 g/mol. The first-order valence-corrected chi connectivity index (χ1v) is 6.06. The van der Waals surface area contributed by atoms with Gasteiger partial charge in [-0.3, -0.25) is 4.98 Å². The van der Waals surface area contributed by atoms with E-state index < -0.39 is 11.4 Å². The van der Waals surface area contributed by atoms with E-state index in [-0.39, 0.29) is 0 Å². The Hall–Kier alpha value is -1.74. The van der Waals surface area contributed by atoms with Crippen LogP contribution in [0.25, 0.3) is 0 Å². The van der Waals surface area contributed by atoms with E-state index in [0.717, 1.165) is 18.2 Å². The third-order valence-electron chi connectivity index (χ3n) is 3.05. The molecule has 0 spiro atoms. The van der Waals surface area contributed by atoms with Gasteiger partial charge in [0.25, 0.3) is 0 Å². The van der Waals surface area contributed by atoms with Crippen LogP contribution in [0.2, 0.25) is 0 Å². The van der Waals surface area contributed by atoms with Crippen LogP contribution in [0.3, 0.4) is 0 Å². The summed E-state index contributed by atoms with van der Waals surface area (Å²) in [6.07, 6.45) is 3.98. The highest BCUT2D eigenvalue weighted by Gasteiger charge is 2.31. The molecule has 0 aliphatic heterocycles. The molecule has 0 amide bonds. The Balaban J connectivity index is 2.50. The minimum atomic E-state index is -1.18. The maximum absolute atomic E-state index is 13.3. The molecule has 0 bridgehead atoms. The van der Waals surface area contributed by atoms with Gasteiger partial charge in [-0.15, -0.1) is 0 Å². The van der Waals surface area contributed by atoms with E-state index in [1.807, 2.05) is 37.3 Å². The van der Waals surface area contributed by atoms with Crippen molar-refractivity contribution in [2.75, 3.05) is 0 Å². The molecule has 1 aromatic carbocycles. The average molecular weight is 245 g/mol. The van der Waals surface area contributed by atoms with E-state index in [2.05, 4.69) is 4.98 Å². The van der Waals surface area contributed by atoms with E-state index >= 15 is 0 Å². The Kier molecular flexibility index (Phi) is 3.72. The zero-order valence-corrected chi connectivity index (χ0v) is 10.3. The quantitative estimate of drug-likeness (QED) is 0.896. The number of benzene rings is 1. The molecule has 1 heterocycles. The summed E-state index contributed by atoms with van der Waals surface area (Å²) in [6.45, 7) is 1.99. The van der Waals surface area contributed by atoms with Crippen LogP contribution in [-0.2, 0) is 5.60 Å². The minimum absolute atomic E-state index is 0.432. The number of hydrogen-bond donors (Lipinski definition) is 1. The molecule has 2 rings (SSSR count). The molecule has 0 fully saturated rings. The van der Waals surface area contributed by atoms with Gasteiger partial charge < -0.3 is 5.11 Å². The number of aromatic nitrogens is 1. The van der Waals surface area contributed by atoms with Crippen molar-refractivity contribution < 1.29 is 9.50 Å². The Labute approximate surface area is 106 Å². The highest BCUT2D eigenvalue weighted by Crippen LogP contribution is 2.33. The van der Waals surface area contributed by atoms with Crippen molar-refractivity contribution in [2.45, 2.75) is 25.4 Å². The van der Waals surface area contributed by atoms with Crippen molar-refractivity contribution in [3.8, 4) is 0 Å². The molecular formula is C15H16FNO. The van der Waals surface area contributed by atoms with Gasteiger partial charge in [0.1, 0.15) is 11.4 Å². The molecule has 0 saturated heterocycles. The summed E-state index contributed by atoms with van der Waals surface area (Å²) in [7, 11) is 0. The fraction of sp³-hybridized carbons (Fsp3) is 0.267. The normalized spacial score (nSPS) is 14.2. The van der Waals surface area contributed by atoms with E-state index in [1.54, 1.807) is 0 Å². The van der Waals surface area contributed by atoms with Crippen molar-refractivity contribution in [2.24, 2.45) is 0 Å². The lowest BCUT2D eigenvalue weighted by Crippen LogP contribution is -2.27. The predicted molar refractivity (Wildman–Crippen MR) is 68.5 cm³/mol. The smallest absolute Gasteiger partial charge is 0.141 e. The monoisotopic (exact) mass is 245 g/mol. The highest BCUT2D eigenvalue weighted by molar-refractivity contribution is 5.34. The van der Waals surface area contributed by atoms with Crippen LogP contribution in [0, 0.1) is 5.82 Å². The van der Waals surface area contributed by atoms with Gasteiger partial charge in [-0.2, -0.15) is 0 Å². The van der Waals surface area contributed by atoms with Crippen LogP contribution in [0.1, 0.15) is 30.9 Å². The summed E-state index contributed by atoms with van der Waals surface area (Å²) in [5.74, 6) is -0.432. The molecule has 18 heavy (non-hydrogen) atoms. The molecule has 0 radical (unpaired) electrons. The molecule has 2 aromatic rings. The Morgan fingerprint density at radius 1 is 1.17 bits per heavy atom. The van der Waals surface area contributed by atoms with Crippen LogP contribution in [0.15, 0.2) is 48.8 Å². The van der Waals surface area contributed by atoms with Crippen LogP contribution < -0.4 is 0 Å². The molecule has 1 aromatic heterocycles. The number of rotatable bonds is 4. The van der Waals surface area contributed by atoms with Gasteiger partial charge in [0.15, 0.2) is 0 Å². The van der Waals surface area contributed by atoms with Crippen LogP contribution >= 0.6 is 0 Å². The third kappa shape index (κ3) is 2.41. The average Bonchev–Trinajstić information content (AvgIpc) is 2.40. The molecule has 3 heteroatoms. The Morgan fingerprint density at radius 2 is 1.89 bits per heavy atom. The second-order valence-electron chi connectivity index (χ2n) is 4.37. The second kappa shape index (κ2) is 5.27. The van der Waals surface area contributed by atoms with Crippen molar-refractivity contribution in [3.05, 3.63) is 65.7 Å². The summed E-state index contributed by atoms with van der Waals surface area (Å²) in [5.41, 5.74) is 0.0836. The maximum atomic E-state index is 13.3. The topological polar surface area (TPSA) is 33.1 Å². The SMILES string of the molecule is CCCC(O)(c1ccccc1)c1cncc(F)c1. The first-order valence-electron chi connectivity index (χ1n) is 6.06. The Morgan fingerprint density at radius 3 is 2.50 bits per heavy atom. The lowest BCUT2D eigenvalue weighted by atomic mass is 9.83. The number of aliphatic hydroxyl groups is 1. The van der Waals surface area contributed by atoms with Gasteiger partial charge in [0.05, 0.1) is 6.20 Å². The predicted octanol–water partition coefficient (Wildman–Crippen LogP) is 3.26. The number of nitrogens with zero attached hydrogens (tertiary/aromatic N) is 1. The van der Waals surface area contributed by atoms with Gasteiger partial charge in [-0.05, 0) is 18.1 Å². The maximum Gasteiger partial charge on any atom is 0.141 e. The van der Waals surface area contributed by atoms with Gasteiger partial charge >= 0.3 is 0 Å². The first kappa shape index (κ1) is 12.7. The van der Waals surface area contributed by atoms with Crippen molar-refractivity contribution in [3.63, 3.8) is 0 Å². The van der Waals surface area contributed by atoms with E-state index in [9.17, 15) is 9.50 Å². The van der Waals surface area contributed by atoms with Crippen molar-refractivity contribution in [1.82, 2.24) is 4.98 Å². The molecule has 1 unspecified atom stereocenters. The highest BCUT2D eigenvalue weighted by atomic mass is 19.1. The molecule has 1 N–H and O–H groups in total. The van der Waals surface area contributed by atoms with Crippen LogP contribution in [-0.4, -0.2) is 10.1 Å². The number of hydrogen-bond acceptors (Lipinski definition) is 2. The largest absolute Gasteiger partial charge is 0.380 e. The molecule has 0 saturated carbocycles. The summed E-state index contributed by atoms with van der Waals surface area (Å²) >= 11 is 0. The fourth-order valence-electron chi connectivity index (χ4n) is 2.17. The van der Waals surface area contributed by atoms with Gasteiger partial charge in [0.2, 0.25) is 0 Å². The molecule has 1 atom stereocenters. The number of pyridine rings is 1. The zero-order valence-electron chi connectivity index (χ0n) is 10.3. The lowest BCUT2D eigenvalue weighted by Gasteiger charge is -2.28. The van der Waals surface area contributed by atoms with Crippen molar-refractivity contribution in [1.29, 1.82) is 0 Å². The van der Waals surface area contributed by atoms with Crippen LogP contribution in [0.4, 0.5) is 4.39 Å². The summed E-state index contributed by atoms with van der Waals surface area (Å²) < 4.78 is 13.3. The lowest BCUT2D eigenvalue weighted by molar-refractivity contribution is 0.0694. The summed E-state index contributed by atoms with van der Waals surface area (Å²) in [4.78, 5) is 3.82. The van der Waals surface area contributed by atoms with Gasteiger partial charge in [-0.25, -0.2) is 4.39 Å². The van der Waals surface area contributed by atoms with Crippen molar-refractivity contribution >= 4 is 0 Å². The van der Waals surface area contributed by atoms with Gasteiger partial charge in [0, 0.05) is 11.8 Å². The molecule has 2 nitrogen and oxygen atoms in total. The third-order valence-corrected chi connectivity index (χ3v) is 3.05. The molecule has 94 valence electrons.